The molecule has 5 heteroatoms. The van der Waals surface area contributed by atoms with Gasteiger partial charge in [-0.2, -0.15) is 0 Å². The fourth-order valence-corrected chi connectivity index (χ4v) is 4.33. The highest BCUT2D eigenvalue weighted by molar-refractivity contribution is 14.1. The van der Waals surface area contributed by atoms with Crippen LogP contribution in [0.15, 0.2) is 27.7 Å². The molecule has 0 radical (unpaired) electrons. The normalized spacial score (nSPS) is 31.6. The van der Waals surface area contributed by atoms with Crippen molar-refractivity contribution in [1.29, 1.82) is 0 Å². The molecule has 18 heavy (non-hydrogen) atoms. The van der Waals surface area contributed by atoms with Crippen LogP contribution >= 0.6 is 50.3 Å². The number of hydrogen-bond donors (Lipinski definition) is 0. The van der Waals surface area contributed by atoms with Crippen LogP contribution in [0.4, 0.5) is 4.39 Å². The monoisotopic (exact) mass is 441 g/mol. The van der Waals surface area contributed by atoms with E-state index in [9.17, 15) is 4.39 Å². The van der Waals surface area contributed by atoms with Crippen LogP contribution in [0.3, 0.4) is 0 Å². The number of benzene rings is 1. The summed E-state index contributed by atoms with van der Waals surface area (Å²) in [7, 11) is 0. The van der Waals surface area contributed by atoms with Gasteiger partial charge in [0.1, 0.15) is 5.82 Å². The molecule has 0 fully saturated rings. The highest BCUT2D eigenvalue weighted by Crippen LogP contribution is 2.45. The van der Waals surface area contributed by atoms with Crippen LogP contribution in [-0.4, -0.2) is 14.7 Å². The third kappa shape index (κ3) is 2.93. The zero-order valence-electron chi connectivity index (χ0n) is 10.2. The lowest BCUT2D eigenvalue weighted by Gasteiger charge is -2.39. The summed E-state index contributed by atoms with van der Waals surface area (Å²) in [6, 6.07) is 5.18. The molecule has 1 heterocycles. The summed E-state index contributed by atoms with van der Waals surface area (Å²) in [4.78, 5) is 4.64. The Hall–Kier alpha value is 0.380. The zero-order chi connectivity index (χ0) is 13.4. The minimum atomic E-state index is -0.263. The first-order valence-corrected chi connectivity index (χ1v) is 8.81. The van der Waals surface area contributed by atoms with Gasteiger partial charge < -0.3 is 0 Å². The van der Waals surface area contributed by atoms with Crippen LogP contribution < -0.4 is 0 Å². The van der Waals surface area contributed by atoms with Crippen LogP contribution in [0.5, 0.6) is 0 Å². The number of halogens is 3. The summed E-state index contributed by atoms with van der Waals surface area (Å²) < 4.78 is 15.1. The van der Waals surface area contributed by atoms with Gasteiger partial charge in [0, 0.05) is 9.17 Å². The van der Waals surface area contributed by atoms with E-state index in [1.165, 1.54) is 6.07 Å². The highest BCUT2D eigenvalue weighted by atomic mass is 127. The minimum absolute atomic E-state index is 0.192. The molecule has 2 atom stereocenters. The third-order valence-corrected chi connectivity index (χ3v) is 7.09. The van der Waals surface area contributed by atoms with E-state index in [2.05, 4.69) is 57.4 Å². The summed E-state index contributed by atoms with van der Waals surface area (Å²) in [5.74, 6) is -0.229. The zero-order valence-corrected chi connectivity index (χ0v) is 14.8. The van der Waals surface area contributed by atoms with E-state index in [0.717, 1.165) is 16.4 Å². The van der Waals surface area contributed by atoms with Gasteiger partial charge >= 0.3 is 0 Å². The van der Waals surface area contributed by atoms with E-state index in [1.54, 1.807) is 11.8 Å². The summed E-state index contributed by atoms with van der Waals surface area (Å²) in [6.07, 6.45) is 0.960. The van der Waals surface area contributed by atoms with E-state index in [4.69, 9.17) is 0 Å². The average molecular weight is 442 g/mol. The summed E-state index contributed by atoms with van der Waals surface area (Å²) >= 11 is 7.45. The molecule has 0 aliphatic carbocycles. The predicted molar refractivity (Wildman–Crippen MR) is 89.4 cm³/mol. The molecular formula is C13H14BrFINS. The first kappa shape index (κ1) is 14.8. The summed E-state index contributed by atoms with van der Waals surface area (Å²) in [5.41, 5.74) is 2.74. The maximum atomic E-state index is 13.3. The molecule has 0 saturated heterocycles. The molecule has 1 aromatic rings. The molecule has 2 rings (SSSR count). The van der Waals surface area contributed by atoms with Gasteiger partial charge in [-0.3, -0.25) is 4.99 Å². The molecule has 0 spiro atoms. The SMILES string of the molecule is CC1(CI)C[C@@](C)(c2ccc(F)c(Br)c2)N=CS1. The lowest BCUT2D eigenvalue weighted by Crippen LogP contribution is -2.36. The second-order valence-electron chi connectivity index (χ2n) is 5.02. The Morgan fingerprint density at radius 2 is 2.22 bits per heavy atom. The number of thioether (sulfide) groups is 1. The van der Waals surface area contributed by atoms with Crippen molar-refractivity contribution >= 4 is 55.8 Å². The molecule has 0 saturated carbocycles. The number of hydrogen-bond acceptors (Lipinski definition) is 2. The summed E-state index contributed by atoms with van der Waals surface area (Å²) in [6.45, 7) is 4.37. The average Bonchev–Trinajstić information content (AvgIpc) is 2.32. The van der Waals surface area contributed by atoms with Crippen molar-refractivity contribution < 1.29 is 4.39 Å². The van der Waals surface area contributed by atoms with Crippen molar-refractivity contribution in [3.63, 3.8) is 0 Å². The van der Waals surface area contributed by atoms with Gasteiger partial charge in [0.25, 0.3) is 0 Å². The fraction of sp³-hybridized carbons (Fsp3) is 0.462. The maximum Gasteiger partial charge on any atom is 0.137 e. The number of aliphatic imine (C=N–C) groups is 1. The first-order valence-electron chi connectivity index (χ1n) is 5.62. The Labute approximate surface area is 133 Å². The van der Waals surface area contributed by atoms with E-state index in [1.807, 2.05) is 17.7 Å². The van der Waals surface area contributed by atoms with Gasteiger partial charge in [-0.1, -0.05) is 28.7 Å². The molecule has 0 aromatic heterocycles. The standard InChI is InChI=1S/C13H14BrFINS/c1-12(7-16)6-13(2,17-8-18-12)9-3-4-11(15)10(14)5-9/h3-5,8H,6-7H2,1-2H3/t12?,13-/m0/s1. The van der Waals surface area contributed by atoms with Gasteiger partial charge in [0.15, 0.2) is 0 Å². The molecule has 1 aromatic carbocycles. The summed E-state index contributed by atoms with van der Waals surface area (Å²) in [5, 5.41) is 0. The topological polar surface area (TPSA) is 12.4 Å². The Bertz CT molecular complexity index is 496. The van der Waals surface area contributed by atoms with E-state index < -0.39 is 0 Å². The Kier molecular flexibility index (Phi) is 4.44. The van der Waals surface area contributed by atoms with Gasteiger partial charge in [-0.25, -0.2) is 4.39 Å². The van der Waals surface area contributed by atoms with Gasteiger partial charge in [-0.15, -0.1) is 11.8 Å². The van der Waals surface area contributed by atoms with Crippen molar-refractivity contribution in [3.8, 4) is 0 Å². The molecule has 0 N–H and O–H groups in total. The van der Waals surface area contributed by atoms with Crippen LogP contribution in [0.2, 0.25) is 0 Å². The second-order valence-corrected chi connectivity index (χ2v) is 8.06. The molecular weight excluding hydrogens is 428 g/mol. The van der Waals surface area contributed by atoms with Crippen molar-refractivity contribution in [2.75, 3.05) is 4.43 Å². The molecule has 0 amide bonds. The number of rotatable bonds is 2. The van der Waals surface area contributed by atoms with Gasteiger partial charge in [0.2, 0.25) is 0 Å². The molecule has 98 valence electrons. The van der Waals surface area contributed by atoms with Crippen molar-refractivity contribution in [3.05, 3.63) is 34.1 Å². The Morgan fingerprint density at radius 3 is 2.83 bits per heavy atom. The fourth-order valence-electron chi connectivity index (χ4n) is 2.17. The number of alkyl halides is 1. The lowest BCUT2D eigenvalue weighted by molar-refractivity contribution is 0.409. The lowest BCUT2D eigenvalue weighted by atomic mass is 9.84. The van der Waals surface area contributed by atoms with Crippen molar-refractivity contribution in [2.45, 2.75) is 30.6 Å². The van der Waals surface area contributed by atoms with E-state index >= 15 is 0 Å². The van der Waals surface area contributed by atoms with E-state index in [-0.39, 0.29) is 16.1 Å². The van der Waals surface area contributed by atoms with Crippen LogP contribution in [0.25, 0.3) is 0 Å². The maximum absolute atomic E-state index is 13.3. The van der Waals surface area contributed by atoms with Crippen LogP contribution in [0, 0.1) is 5.82 Å². The quantitative estimate of drug-likeness (QED) is 0.456. The van der Waals surface area contributed by atoms with Gasteiger partial charge in [-0.05, 0) is 53.9 Å². The van der Waals surface area contributed by atoms with Crippen molar-refractivity contribution in [1.82, 2.24) is 0 Å². The molecule has 1 aliphatic heterocycles. The Morgan fingerprint density at radius 1 is 1.50 bits per heavy atom. The van der Waals surface area contributed by atoms with Crippen molar-refractivity contribution in [2.24, 2.45) is 4.99 Å². The first-order chi connectivity index (χ1) is 8.38. The minimum Gasteiger partial charge on any atom is -0.275 e. The molecule has 1 aliphatic rings. The smallest absolute Gasteiger partial charge is 0.137 e. The number of nitrogens with zero attached hydrogens (tertiary/aromatic N) is 1. The van der Waals surface area contributed by atoms with E-state index in [0.29, 0.717) is 4.47 Å². The second kappa shape index (κ2) is 5.40. The van der Waals surface area contributed by atoms with Crippen LogP contribution in [0.1, 0.15) is 25.8 Å². The predicted octanol–water partition coefficient (Wildman–Crippen LogP) is 5.16. The molecule has 0 bridgehead atoms. The Balaban J connectivity index is 2.39. The highest BCUT2D eigenvalue weighted by Gasteiger charge is 2.39. The molecule has 1 unspecified atom stereocenters. The largest absolute Gasteiger partial charge is 0.275 e. The van der Waals surface area contributed by atoms with Gasteiger partial charge in [0.05, 0.1) is 15.6 Å². The molecule has 1 nitrogen and oxygen atoms in total. The third-order valence-electron chi connectivity index (χ3n) is 3.22. The van der Waals surface area contributed by atoms with Crippen LogP contribution in [-0.2, 0) is 5.54 Å².